The Bertz CT molecular complexity index is 1050. The highest BCUT2D eigenvalue weighted by atomic mass is 35.5. The number of hydrogen-bond acceptors (Lipinski definition) is 4. The quantitative estimate of drug-likeness (QED) is 0.497. The molecule has 0 saturated carbocycles. The third kappa shape index (κ3) is 3.62. The van der Waals surface area contributed by atoms with Crippen LogP contribution >= 0.6 is 34.5 Å². The van der Waals surface area contributed by atoms with Crippen LogP contribution in [0.3, 0.4) is 0 Å². The van der Waals surface area contributed by atoms with Gasteiger partial charge in [-0.15, -0.1) is 11.3 Å². The molecule has 0 spiro atoms. The molecule has 0 fully saturated rings. The molecule has 1 aliphatic rings. The van der Waals surface area contributed by atoms with Gasteiger partial charge >= 0.3 is 0 Å². The van der Waals surface area contributed by atoms with Crippen LogP contribution in [-0.4, -0.2) is 17.0 Å². The molecule has 1 aliphatic heterocycles. The Hall–Kier alpha value is -2.08. The Kier molecular flexibility index (Phi) is 5.32. The third-order valence-electron chi connectivity index (χ3n) is 4.67. The SMILES string of the molecule is CCC1Oc2ccc(-c3csc(C)n3)cc2N(Cc2ccc(Cl)c(Cl)c2)C1=O. The lowest BCUT2D eigenvalue weighted by Gasteiger charge is -2.34. The predicted octanol–water partition coefficient (Wildman–Crippen LogP) is 6.13. The zero-order valence-electron chi connectivity index (χ0n) is 15.4. The number of anilines is 1. The van der Waals surface area contributed by atoms with Crippen LogP contribution < -0.4 is 9.64 Å². The fourth-order valence-electron chi connectivity index (χ4n) is 3.22. The molecule has 0 bridgehead atoms. The van der Waals surface area contributed by atoms with E-state index in [-0.39, 0.29) is 5.91 Å². The highest BCUT2D eigenvalue weighted by Crippen LogP contribution is 2.39. The van der Waals surface area contributed by atoms with Crippen LogP contribution in [0.25, 0.3) is 11.3 Å². The zero-order chi connectivity index (χ0) is 19.8. The first-order valence-electron chi connectivity index (χ1n) is 8.94. The van der Waals surface area contributed by atoms with Crippen molar-refractivity contribution in [1.82, 2.24) is 4.98 Å². The van der Waals surface area contributed by atoms with Crippen molar-refractivity contribution in [2.24, 2.45) is 0 Å². The summed E-state index contributed by atoms with van der Waals surface area (Å²) in [4.78, 5) is 19.4. The highest BCUT2D eigenvalue weighted by Gasteiger charge is 2.33. The molecular formula is C21H18Cl2N2O2S. The molecule has 3 aromatic rings. The molecule has 1 amide bonds. The van der Waals surface area contributed by atoms with Gasteiger partial charge in [-0.25, -0.2) is 4.98 Å². The van der Waals surface area contributed by atoms with Crippen molar-refractivity contribution < 1.29 is 9.53 Å². The van der Waals surface area contributed by atoms with E-state index in [4.69, 9.17) is 27.9 Å². The van der Waals surface area contributed by atoms with E-state index in [1.54, 1.807) is 28.4 Å². The summed E-state index contributed by atoms with van der Waals surface area (Å²) in [6, 6.07) is 11.3. The Morgan fingerprint density at radius 3 is 2.68 bits per heavy atom. The fraction of sp³-hybridized carbons (Fsp3) is 0.238. The van der Waals surface area contributed by atoms with Crippen LogP contribution in [-0.2, 0) is 11.3 Å². The molecule has 0 radical (unpaired) electrons. The van der Waals surface area contributed by atoms with E-state index in [9.17, 15) is 4.79 Å². The first-order chi connectivity index (χ1) is 13.5. The summed E-state index contributed by atoms with van der Waals surface area (Å²) in [5.41, 5.74) is 3.49. The number of aryl methyl sites for hydroxylation is 1. The molecule has 1 atom stereocenters. The van der Waals surface area contributed by atoms with E-state index in [2.05, 4.69) is 4.98 Å². The van der Waals surface area contributed by atoms with E-state index in [1.165, 1.54) is 0 Å². The van der Waals surface area contributed by atoms with E-state index < -0.39 is 6.10 Å². The Labute approximate surface area is 177 Å². The number of aromatic nitrogens is 1. The summed E-state index contributed by atoms with van der Waals surface area (Å²) in [7, 11) is 0. The van der Waals surface area contributed by atoms with Gasteiger partial charge in [0.05, 0.1) is 33.0 Å². The second kappa shape index (κ2) is 7.74. The number of amides is 1. The van der Waals surface area contributed by atoms with Gasteiger partial charge in [0.25, 0.3) is 5.91 Å². The van der Waals surface area contributed by atoms with Crippen molar-refractivity contribution >= 4 is 46.1 Å². The van der Waals surface area contributed by atoms with Crippen molar-refractivity contribution in [3.63, 3.8) is 0 Å². The summed E-state index contributed by atoms with van der Waals surface area (Å²) in [6.07, 6.45) is 0.103. The first-order valence-corrected chi connectivity index (χ1v) is 10.6. The molecular weight excluding hydrogens is 415 g/mol. The zero-order valence-corrected chi connectivity index (χ0v) is 17.7. The lowest BCUT2D eigenvalue weighted by atomic mass is 10.1. The monoisotopic (exact) mass is 432 g/mol. The molecule has 28 heavy (non-hydrogen) atoms. The topological polar surface area (TPSA) is 42.4 Å². The van der Waals surface area contributed by atoms with Crippen LogP contribution in [0, 0.1) is 6.92 Å². The lowest BCUT2D eigenvalue weighted by molar-refractivity contribution is -0.126. The predicted molar refractivity (Wildman–Crippen MR) is 115 cm³/mol. The van der Waals surface area contributed by atoms with Gasteiger partial charge in [-0.2, -0.15) is 0 Å². The van der Waals surface area contributed by atoms with E-state index in [0.717, 1.165) is 27.5 Å². The van der Waals surface area contributed by atoms with Gasteiger partial charge in [0.15, 0.2) is 6.10 Å². The number of fused-ring (bicyclic) bond motifs is 1. The van der Waals surface area contributed by atoms with Crippen molar-refractivity contribution in [1.29, 1.82) is 0 Å². The highest BCUT2D eigenvalue weighted by molar-refractivity contribution is 7.09. The van der Waals surface area contributed by atoms with Crippen molar-refractivity contribution in [2.45, 2.75) is 32.9 Å². The smallest absolute Gasteiger partial charge is 0.268 e. The maximum Gasteiger partial charge on any atom is 0.268 e. The number of hydrogen-bond donors (Lipinski definition) is 0. The van der Waals surface area contributed by atoms with Crippen molar-refractivity contribution in [3.8, 4) is 17.0 Å². The van der Waals surface area contributed by atoms with Crippen LogP contribution in [0.5, 0.6) is 5.75 Å². The van der Waals surface area contributed by atoms with Gasteiger partial charge in [-0.1, -0.05) is 36.2 Å². The Morgan fingerprint density at radius 1 is 1.18 bits per heavy atom. The molecule has 1 unspecified atom stereocenters. The van der Waals surface area contributed by atoms with Gasteiger partial charge in [0.1, 0.15) is 5.75 Å². The summed E-state index contributed by atoms with van der Waals surface area (Å²) >= 11 is 13.8. The Balaban J connectivity index is 1.76. The standard InChI is InChI=1S/C21H18Cl2N2O2S/c1-3-19-21(26)25(10-13-4-6-15(22)16(23)8-13)18-9-14(5-7-20(18)27-19)17-11-28-12(2)24-17/h4-9,11,19H,3,10H2,1-2H3. The van der Waals surface area contributed by atoms with E-state index >= 15 is 0 Å². The van der Waals surface area contributed by atoms with Crippen LogP contribution in [0.2, 0.25) is 10.0 Å². The van der Waals surface area contributed by atoms with E-state index in [0.29, 0.717) is 28.8 Å². The molecule has 4 nitrogen and oxygen atoms in total. The summed E-state index contributed by atoms with van der Waals surface area (Å²) in [6.45, 7) is 4.31. The molecule has 2 heterocycles. The van der Waals surface area contributed by atoms with Crippen LogP contribution in [0.15, 0.2) is 41.8 Å². The second-order valence-corrected chi connectivity index (χ2v) is 8.50. The summed E-state index contributed by atoms with van der Waals surface area (Å²) in [5, 5.41) is 3.98. The van der Waals surface area contributed by atoms with Crippen LogP contribution in [0.4, 0.5) is 5.69 Å². The molecule has 2 aromatic carbocycles. The van der Waals surface area contributed by atoms with Crippen LogP contribution in [0.1, 0.15) is 23.9 Å². The molecule has 0 N–H and O–H groups in total. The third-order valence-corrected chi connectivity index (χ3v) is 6.18. The Morgan fingerprint density at radius 2 is 2.00 bits per heavy atom. The largest absolute Gasteiger partial charge is 0.478 e. The second-order valence-electron chi connectivity index (χ2n) is 6.62. The van der Waals surface area contributed by atoms with E-state index in [1.807, 2.05) is 43.5 Å². The maximum atomic E-state index is 13.1. The molecule has 144 valence electrons. The minimum Gasteiger partial charge on any atom is -0.478 e. The van der Waals surface area contributed by atoms with Crippen molar-refractivity contribution in [2.75, 3.05) is 4.90 Å². The normalized spacial score (nSPS) is 16.1. The molecule has 4 rings (SSSR count). The lowest BCUT2D eigenvalue weighted by Crippen LogP contribution is -2.45. The summed E-state index contributed by atoms with van der Waals surface area (Å²) in [5.74, 6) is 0.634. The number of halogens is 2. The number of thiazole rings is 1. The average molecular weight is 433 g/mol. The number of carbonyl (C=O) groups excluding carboxylic acids is 1. The van der Waals surface area contributed by atoms with Gasteiger partial charge in [-0.3, -0.25) is 4.79 Å². The van der Waals surface area contributed by atoms with Gasteiger partial charge in [0, 0.05) is 10.9 Å². The number of ether oxygens (including phenoxy) is 1. The molecule has 1 aromatic heterocycles. The maximum absolute atomic E-state index is 13.1. The number of rotatable bonds is 4. The summed E-state index contributed by atoms with van der Waals surface area (Å²) < 4.78 is 5.94. The van der Waals surface area contributed by atoms with Crippen molar-refractivity contribution in [3.05, 3.63) is 62.4 Å². The number of carbonyl (C=O) groups is 1. The number of nitrogens with zero attached hydrogens (tertiary/aromatic N) is 2. The minimum atomic E-state index is -0.498. The fourth-order valence-corrected chi connectivity index (χ4v) is 4.16. The van der Waals surface area contributed by atoms with Gasteiger partial charge < -0.3 is 9.64 Å². The molecule has 7 heteroatoms. The minimum absolute atomic E-state index is 0.0623. The van der Waals surface area contributed by atoms with Gasteiger partial charge in [0.2, 0.25) is 0 Å². The molecule has 0 aliphatic carbocycles. The average Bonchev–Trinajstić information content (AvgIpc) is 3.12. The number of benzene rings is 2. The van der Waals surface area contributed by atoms with Gasteiger partial charge in [-0.05, 0) is 49.2 Å². The molecule has 0 saturated heterocycles. The first kappa shape index (κ1) is 19.2.